The summed E-state index contributed by atoms with van der Waals surface area (Å²) in [7, 11) is 0. The molecule has 25 heavy (non-hydrogen) atoms. The van der Waals surface area contributed by atoms with Gasteiger partial charge in [0, 0.05) is 11.8 Å². The lowest BCUT2D eigenvalue weighted by atomic mass is 10.1. The monoisotopic (exact) mass is 347 g/mol. The van der Waals surface area contributed by atoms with Gasteiger partial charge < -0.3 is 4.74 Å². The Bertz CT molecular complexity index is 1150. The number of esters is 1. The van der Waals surface area contributed by atoms with Gasteiger partial charge in [-0.3, -0.25) is 4.40 Å². The van der Waals surface area contributed by atoms with Gasteiger partial charge in [0.15, 0.2) is 4.96 Å². The highest BCUT2D eigenvalue weighted by molar-refractivity contribution is 7.23. The first-order chi connectivity index (χ1) is 12.2. The van der Waals surface area contributed by atoms with Gasteiger partial charge in [-0.25, -0.2) is 9.78 Å². The smallest absolute Gasteiger partial charge is 0.338 e. The third-order valence-corrected chi connectivity index (χ3v) is 4.91. The average Bonchev–Trinajstić information content (AvgIpc) is 3.19. The third kappa shape index (κ3) is 2.65. The van der Waals surface area contributed by atoms with Crippen molar-refractivity contribution in [3.05, 3.63) is 59.8 Å². The fourth-order valence-corrected chi connectivity index (χ4v) is 3.78. The van der Waals surface area contributed by atoms with E-state index in [1.54, 1.807) is 19.1 Å². The van der Waals surface area contributed by atoms with Crippen LogP contribution in [0.5, 0.6) is 0 Å². The number of hydrogen-bond donors (Lipinski definition) is 0. The molecule has 0 spiro atoms. The highest BCUT2D eigenvalue weighted by Crippen LogP contribution is 2.30. The first-order valence-corrected chi connectivity index (χ1v) is 8.60. The Morgan fingerprint density at radius 1 is 1.32 bits per heavy atom. The molecule has 0 aliphatic rings. The molecule has 0 N–H and O–H groups in total. The number of aromatic nitrogens is 2. The summed E-state index contributed by atoms with van der Waals surface area (Å²) in [4.78, 5) is 17.4. The van der Waals surface area contributed by atoms with E-state index in [1.807, 2.05) is 40.9 Å². The van der Waals surface area contributed by atoms with Crippen molar-refractivity contribution in [2.75, 3.05) is 6.61 Å². The molecule has 0 fully saturated rings. The van der Waals surface area contributed by atoms with E-state index in [2.05, 4.69) is 11.1 Å². The zero-order chi connectivity index (χ0) is 17.4. The number of nitrogens with zero attached hydrogens (tertiary/aromatic N) is 3. The van der Waals surface area contributed by atoms with Gasteiger partial charge in [-0.1, -0.05) is 23.5 Å². The topological polar surface area (TPSA) is 67.4 Å². The molecule has 0 amide bonds. The molecule has 2 aromatic heterocycles. The molecule has 0 radical (unpaired) electrons. The van der Waals surface area contributed by atoms with Gasteiger partial charge in [0.1, 0.15) is 0 Å². The van der Waals surface area contributed by atoms with Crippen LogP contribution in [-0.4, -0.2) is 22.0 Å². The Balaban J connectivity index is 1.79. The molecule has 4 rings (SSSR count). The number of benzene rings is 2. The third-order valence-electron chi connectivity index (χ3n) is 3.89. The largest absolute Gasteiger partial charge is 0.462 e. The van der Waals surface area contributed by atoms with Crippen molar-refractivity contribution in [2.45, 2.75) is 6.92 Å². The van der Waals surface area contributed by atoms with Crippen LogP contribution in [0.1, 0.15) is 22.8 Å². The summed E-state index contributed by atoms with van der Waals surface area (Å²) in [6.07, 6.45) is 1.95. The molecule has 0 atom stereocenters. The minimum absolute atomic E-state index is 0.315. The van der Waals surface area contributed by atoms with Crippen molar-refractivity contribution in [3.63, 3.8) is 0 Å². The number of rotatable bonds is 3. The molecule has 0 aliphatic heterocycles. The van der Waals surface area contributed by atoms with E-state index in [0.29, 0.717) is 17.7 Å². The van der Waals surface area contributed by atoms with Crippen LogP contribution in [-0.2, 0) is 4.74 Å². The van der Waals surface area contributed by atoms with Crippen molar-refractivity contribution >= 4 is 32.5 Å². The molecule has 0 saturated heterocycles. The van der Waals surface area contributed by atoms with Gasteiger partial charge in [0.25, 0.3) is 0 Å². The fourth-order valence-electron chi connectivity index (χ4n) is 2.73. The van der Waals surface area contributed by atoms with Crippen LogP contribution in [0.25, 0.3) is 26.4 Å². The number of nitriles is 1. The lowest BCUT2D eigenvalue weighted by Gasteiger charge is -2.01. The number of thiazole rings is 1. The quantitative estimate of drug-likeness (QED) is 0.519. The molecule has 122 valence electrons. The fraction of sp³-hybridized carbons (Fsp3) is 0.105. The molecule has 2 heterocycles. The molecule has 6 heteroatoms. The van der Waals surface area contributed by atoms with Crippen molar-refractivity contribution in [1.29, 1.82) is 5.26 Å². The van der Waals surface area contributed by atoms with Gasteiger partial charge in [-0.15, -0.1) is 0 Å². The Labute approximate surface area is 147 Å². The minimum atomic E-state index is -0.315. The number of ether oxygens (including phenoxy) is 1. The van der Waals surface area contributed by atoms with Crippen molar-refractivity contribution in [2.24, 2.45) is 0 Å². The number of fused-ring (bicyclic) bond motifs is 3. The minimum Gasteiger partial charge on any atom is -0.462 e. The summed E-state index contributed by atoms with van der Waals surface area (Å²) in [5, 5.41) is 9.05. The maximum atomic E-state index is 11.9. The summed E-state index contributed by atoms with van der Waals surface area (Å²) in [5.41, 5.74) is 3.87. The molecule has 5 nitrogen and oxygen atoms in total. The zero-order valence-corrected chi connectivity index (χ0v) is 14.2. The number of imidazole rings is 1. The Morgan fingerprint density at radius 2 is 2.20 bits per heavy atom. The summed E-state index contributed by atoms with van der Waals surface area (Å²) in [6.45, 7) is 2.15. The molecular weight excluding hydrogens is 334 g/mol. The van der Waals surface area contributed by atoms with Crippen molar-refractivity contribution < 1.29 is 9.53 Å². The number of carbonyl (C=O) groups excluding carboxylic acids is 1. The second-order valence-electron chi connectivity index (χ2n) is 5.48. The standard InChI is InChI=1S/C19H13N3O2S/c1-2-24-18(23)14-6-7-16-17(9-14)25-19-21-15(11-22(16)19)13-5-3-4-12(8-13)10-20/h3-9,11H,2H2,1H3. The first-order valence-electron chi connectivity index (χ1n) is 7.79. The van der Waals surface area contributed by atoms with Crippen molar-refractivity contribution in [3.8, 4) is 17.3 Å². The summed E-state index contributed by atoms with van der Waals surface area (Å²) in [5.74, 6) is -0.315. The van der Waals surface area contributed by atoms with E-state index in [0.717, 1.165) is 26.4 Å². The predicted octanol–water partition coefficient (Wildman–Crippen LogP) is 4.26. The van der Waals surface area contributed by atoms with E-state index < -0.39 is 0 Å². The SMILES string of the molecule is CCOC(=O)c1ccc2c(c1)sc1nc(-c3cccc(C#N)c3)cn12. The highest BCUT2D eigenvalue weighted by atomic mass is 32.1. The molecular formula is C19H13N3O2S. The summed E-state index contributed by atoms with van der Waals surface area (Å²) >= 11 is 1.52. The summed E-state index contributed by atoms with van der Waals surface area (Å²) < 4.78 is 8.03. The Hall–Kier alpha value is -3.17. The zero-order valence-electron chi connectivity index (χ0n) is 13.4. The molecule has 0 saturated carbocycles. The molecule has 0 unspecified atom stereocenters. The van der Waals surface area contributed by atoms with E-state index in [1.165, 1.54) is 11.3 Å². The van der Waals surface area contributed by atoms with Gasteiger partial charge in [-0.05, 0) is 37.3 Å². The van der Waals surface area contributed by atoms with Crippen LogP contribution >= 0.6 is 11.3 Å². The van der Waals surface area contributed by atoms with E-state index in [-0.39, 0.29) is 5.97 Å². The average molecular weight is 347 g/mol. The lowest BCUT2D eigenvalue weighted by molar-refractivity contribution is 0.0526. The number of carbonyl (C=O) groups is 1. The van der Waals surface area contributed by atoms with Crippen LogP contribution in [0.4, 0.5) is 0 Å². The maximum absolute atomic E-state index is 11.9. The van der Waals surface area contributed by atoms with Crippen LogP contribution in [0.2, 0.25) is 0 Å². The van der Waals surface area contributed by atoms with Crippen LogP contribution < -0.4 is 0 Å². The molecule has 4 aromatic rings. The van der Waals surface area contributed by atoms with Gasteiger partial charge >= 0.3 is 5.97 Å². The van der Waals surface area contributed by atoms with Crippen molar-refractivity contribution in [1.82, 2.24) is 9.38 Å². The van der Waals surface area contributed by atoms with E-state index in [9.17, 15) is 4.79 Å². The molecule has 0 bridgehead atoms. The van der Waals surface area contributed by atoms with Gasteiger partial charge in [0.2, 0.25) is 0 Å². The van der Waals surface area contributed by atoms with Crippen LogP contribution in [0, 0.1) is 11.3 Å². The normalized spacial score (nSPS) is 10.9. The second kappa shape index (κ2) is 6.04. The maximum Gasteiger partial charge on any atom is 0.338 e. The highest BCUT2D eigenvalue weighted by Gasteiger charge is 2.13. The Morgan fingerprint density at radius 3 is 3.00 bits per heavy atom. The Kier molecular flexibility index (Phi) is 3.71. The van der Waals surface area contributed by atoms with E-state index >= 15 is 0 Å². The second-order valence-corrected chi connectivity index (χ2v) is 6.49. The predicted molar refractivity (Wildman–Crippen MR) is 96.7 cm³/mol. The first kappa shape index (κ1) is 15.4. The molecule has 0 aliphatic carbocycles. The van der Waals surface area contributed by atoms with Gasteiger partial charge in [-0.2, -0.15) is 5.26 Å². The van der Waals surface area contributed by atoms with Crippen LogP contribution in [0.15, 0.2) is 48.7 Å². The van der Waals surface area contributed by atoms with Gasteiger partial charge in [0.05, 0.1) is 39.7 Å². The van der Waals surface area contributed by atoms with Crippen LogP contribution in [0.3, 0.4) is 0 Å². The molecule has 2 aromatic carbocycles. The lowest BCUT2D eigenvalue weighted by Crippen LogP contribution is -2.03. The summed E-state index contributed by atoms with van der Waals surface area (Å²) in [6, 6.07) is 15.0. The van der Waals surface area contributed by atoms with E-state index in [4.69, 9.17) is 10.00 Å². The number of hydrogen-bond acceptors (Lipinski definition) is 5.